The smallest absolute Gasteiger partial charge is 0.134 e. The van der Waals surface area contributed by atoms with E-state index in [0.29, 0.717) is 10.6 Å². The molecule has 2 aromatic carbocycles. The van der Waals surface area contributed by atoms with Crippen LogP contribution in [0.2, 0.25) is 0 Å². The molecule has 5 heteroatoms. The van der Waals surface area contributed by atoms with Gasteiger partial charge in [0.05, 0.1) is 18.4 Å². The molecule has 0 spiro atoms. The Kier molecular flexibility index (Phi) is 5.09. The summed E-state index contributed by atoms with van der Waals surface area (Å²) in [5, 5.41) is 12.2. The van der Waals surface area contributed by atoms with Gasteiger partial charge in [0, 0.05) is 21.0 Å². The first kappa shape index (κ1) is 16.4. The van der Waals surface area contributed by atoms with Gasteiger partial charge < -0.3 is 4.74 Å². The standard InChI is InChI=1S/C19H13BrN2OS/c1-23-18-5-3-2-4-14(18)10-15(11-21)19-22-17(12-24-19)13-6-8-16(20)9-7-13/h2-10,12H,1H3. The number of methoxy groups -OCH3 is 1. The molecule has 0 N–H and O–H groups in total. The maximum absolute atomic E-state index is 9.52. The molecule has 118 valence electrons. The molecule has 1 aromatic heterocycles. The van der Waals surface area contributed by atoms with E-state index in [0.717, 1.165) is 27.0 Å². The van der Waals surface area contributed by atoms with Crippen molar-refractivity contribution in [2.75, 3.05) is 7.11 Å². The van der Waals surface area contributed by atoms with E-state index in [1.54, 1.807) is 7.11 Å². The second-order valence-corrected chi connectivity index (χ2v) is 6.73. The third-order valence-corrected chi connectivity index (χ3v) is 4.84. The van der Waals surface area contributed by atoms with E-state index in [9.17, 15) is 5.26 Å². The summed E-state index contributed by atoms with van der Waals surface area (Å²) in [6.07, 6.45) is 1.81. The Balaban J connectivity index is 1.96. The lowest BCUT2D eigenvalue weighted by atomic mass is 10.1. The fourth-order valence-corrected chi connectivity index (χ4v) is 3.29. The predicted octanol–water partition coefficient (Wildman–Crippen LogP) is 5.65. The topological polar surface area (TPSA) is 45.9 Å². The molecule has 0 bridgehead atoms. The van der Waals surface area contributed by atoms with E-state index < -0.39 is 0 Å². The van der Waals surface area contributed by atoms with Crippen LogP contribution in [0.25, 0.3) is 22.9 Å². The van der Waals surface area contributed by atoms with Gasteiger partial charge in [0.15, 0.2) is 0 Å². The van der Waals surface area contributed by atoms with Crippen LogP contribution in [0.1, 0.15) is 10.6 Å². The van der Waals surface area contributed by atoms with Crippen LogP contribution in [-0.4, -0.2) is 12.1 Å². The molecule has 3 rings (SSSR count). The summed E-state index contributed by atoms with van der Waals surface area (Å²) in [6, 6.07) is 17.8. The molecule has 0 radical (unpaired) electrons. The zero-order valence-corrected chi connectivity index (χ0v) is 15.3. The molecule has 3 aromatic rings. The third kappa shape index (κ3) is 3.56. The highest BCUT2D eigenvalue weighted by Gasteiger charge is 2.10. The van der Waals surface area contributed by atoms with Gasteiger partial charge in [0.1, 0.15) is 16.8 Å². The van der Waals surface area contributed by atoms with Crippen molar-refractivity contribution in [2.24, 2.45) is 0 Å². The predicted molar refractivity (Wildman–Crippen MR) is 102 cm³/mol. The van der Waals surface area contributed by atoms with Crippen LogP contribution in [0.4, 0.5) is 0 Å². The minimum atomic E-state index is 0.521. The first-order valence-electron chi connectivity index (χ1n) is 7.18. The molecule has 0 fully saturated rings. The summed E-state index contributed by atoms with van der Waals surface area (Å²) in [5.41, 5.74) is 3.27. The van der Waals surface area contributed by atoms with Crippen molar-refractivity contribution >= 4 is 38.9 Å². The largest absolute Gasteiger partial charge is 0.496 e. The highest BCUT2D eigenvalue weighted by Crippen LogP contribution is 2.29. The van der Waals surface area contributed by atoms with Gasteiger partial charge in [0.25, 0.3) is 0 Å². The summed E-state index contributed by atoms with van der Waals surface area (Å²) < 4.78 is 6.36. The van der Waals surface area contributed by atoms with Crippen LogP contribution < -0.4 is 4.74 Å². The van der Waals surface area contributed by atoms with Gasteiger partial charge in [-0.15, -0.1) is 11.3 Å². The van der Waals surface area contributed by atoms with Gasteiger partial charge in [-0.05, 0) is 24.3 Å². The first-order valence-corrected chi connectivity index (χ1v) is 8.85. The van der Waals surface area contributed by atoms with Gasteiger partial charge in [-0.1, -0.05) is 46.3 Å². The molecule has 3 nitrogen and oxygen atoms in total. The summed E-state index contributed by atoms with van der Waals surface area (Å²) >= 11 is 4.89. The number of aromatic nitrogens is 1. The number of nitriles is 1. The van der Waals surface area contributed by atoms with Crippen molar-refractivity contribution in [2.45, 2.75) is 0 Å². The van der Waals surface area contributed by atoms with E-state index in [2.05, 4.69) is 27.0 Å². The van der Waals surface area contributed by atoms with Crippen molar-refractivity contribution in [3.8, 4) is 23.1 Å². The third-order valence-electron chi connectivity index (χ3n) is 3.43. The highest BCUT2D eigenvalue weighted by molar-refractivity contribution is 9.10. The molecule has 0 amide bonds. The van der Waals surface area contributed by atoms with E-state index in [1.807, 2.05) is 60.0 Å². The van der Waals surface area contributed by atoms with Crippen molar-refractivity contribution in [1.82, 2.24) is 4.98 Å². The zero-order valence-electron chi connectivity index (χ0n) is 12.9. The lowest BCUT2D eigenvalue weighted by Gasteiger charge is -2.04. The Labute approximate surface area is 153 Å². The maximum atomic E-state index is 9.52. The fraction of sp³-hybridized carbons (Fsp3) is 0.0526. The van der Waals surface area contributed by atoms with Crippen LogP contribution in [0, 0.1) is 11.3 Å². The summed E-state index contributed by atoms with van der Waals surface area (Å²) in [6.45, 7) is 0. The highest BCUT2D eigenvalue weighted by atomic mass is 79.9. The molecule has 0 saturated carbocycles. The average Bonchev–Trinajstić information content (AvgIpc) is 3.10. The van der Waals surface area contributed by atoms with Crippen LogP contribution in [0.3, 0.4) is 0 Å². The summed E-state index contributed by atoms with van der Waals surface area (Å²) in [4.78, 5) is 4.60. The number of nitrogens with zero attached hydrogens (tertiary/aromatic N) is 2. The molecule has 0 saturated heterocycles. The monoisotopic (exact) mass is 396 g/mol. The molecule has 0 atom stereocenters. The van der Waals surface area contributed by atoms with E-state index >= 15 is 0 Å². The Hall–Kier alpha value is -2.42. The maximum Gasteiger partial charge on any atom is 0.134 e. The molecule has 0 unspecified atom stereocenters. The SMILES string of the molecule is COc1ccccc1C=C(C#N)c1nc(-c2ccc(Br)cc2)cs1. The molecule has 0 aliphatic heterocycles. The summed E-state index contributed by atoms with van der Waals surface area (Å²) in [7, 11) is 1.62. The van der Waals surface area contributed by atoms with Crippen molar-refractivity contribution in [3.63, 3.8) is 0 Å². The quantitative estimate of drug-likeness (QED) is 0.535. The Morgan fingerprint density at radius 3 is 2.67 bits per heavy atom. The van der Waals surface area contributed by atoms with Gasteiger partial charge in [0.2, 0.25) is 0 Å². The van der Waals surface area contributed by atoms with Crippen molar-refractivity contribution < 1.29 is 4.74 Å². The van der Waals surface area contributed by atoms with Crippen LogP contribution in [-0.2, 0) is 0 Å². The Morgan fingerprint density at radius 2 is 1.96 bits per heavy atom. The minimum Gasteiger partial charge on any atom is -0.496 e. The molecule has 1 heterocycles. The minimum absolute atomic E-state index is 0.521. The number of ether oxygens (including phenoxy) is 1. The second kappa shape index (κ2) is 7.43. The first-order chi connectivity index (χ1) is 11.7. The number of para-hydroxylation sites is 1. The Morgan fingerprint density at radius 1 is 1.21 bits per heavy atom. The van der Waals surface area contributed by atoms with E-state index in [1.165, 1.54) is 11.3 Å². The lowest BCUT2D eigenvalue weighted by Crippen LogP contribution is -1.87. The average molecular weight is 397 g/mol. The molecule has 0 aliphatic rings. The van der Waals surface area contributed by atoms with Crippen LogP contribution in [0.5, 0.6) is 5.75 Å². The number of thiazole rings is 1. The van der Waals surface area contributed by atoms with Gasteiger partial charge in [-0.2, -0.15) is 5.26 Å². The number of rotatable bonds is 4. The van der Waals surface area contributed by atoms with Crippen LogP contribution >= 0.6 is 27.3 Å². The van der Waals surface area contributed by atoms with Gasteiger partial charge >= 0.3 is 0 Å². The Bertz CT molecular complexity index is 923. The fourth-order valence-electron chi connectivity index (χ4n) is 2.23. The van der Waals surface area contributed by atoms with Gasteiger partial charge in [-0.3, -0.25) is 0 Å². The number of benzene rings is 2. The molecular weight excluding hydrogens is 384 g/mol. The molecule has 0 aliphatic carbocycles. The van der Waals surface area contributed by atoms with E-state index in [-0.39, 0.29) is 0 Å². The van der Waals surface area contributed by atoms with Crippen LogP contribution in [0.15, 0.2) is 58.4 Å². The summed E-state index contributed by atoms with van der Waals surface area (Å²) in [5.74, 6) is 0.731. The number of halogens is 1. The molecule has 24 heavy (non-hydrogen) atoms. The van der Waals surface area contributed by atoms with Crippen molar-refractivity contribution in [3.05, 3.63) is 69.0 Å². The number of hydrogen-bond acceptors (Lipinski definition) is 4. The lowest BCUT2D eigenvalue weighted by molar-refractivity contribution is 0.414. The molecular formula is C19H13BrN2OS. The normalized spacial score (nSPS) is 11.1. The zero-order chi connectivity index (χ0) is 16.9. The van der Waals surface area contributed by atoms with E-state index in [4.69, 9.17) is 4.74 Å². The number of allylic oxidation sites excluding steroid dienone is 1. The van der Waals surface area contributed by atoms with Crippen molar-refractivity contribution in [1.29, 1.82) is 5.26 Å². The van der Waals surface area contributed by atoms with Gasteiger partial charge in [-0.25, -0.2) is 4.98 Å². The second-order valence-electron chi connectivity index (χ2n) is 4.96. The number of hydrogen-bond donors (Lipinski definition) is 0.